The fourth-order valence-corrected chi connectivity index (χ4v) is 1.60. The number of aliphatic hydroxyl groups is 1. The first kappa shape index (κ1) is 14.5. The fourth-order valence-electron chi connectivity index (χ4n) is 1.60. The number of aliphatic carboxylic acids is 1. The van der Waals surface area contributed by atoms with Crippen molar-refractivity contribution >= 4 is 5.97 Å². The summed E-state index contributed by atoms with van der Waals surface area (Å²) in [7, 11) is 1.54. The Bertz CT molecular complexity index is 419. The molecule has 0 saturated carbocycles. The van der Waals surface area contributed by atoms with Gasteiger partial charge in [-0.25, -0.2) is 0 Å². The van der Waals surface area contributed by atoms with Gasteiger partial charge in [0, 0.05) is 12.1 Å². The second kappa shape index (κ2) is 6.37. The summed E-state index contributed by atoms with van der Waals surface area (Å²) < 4.78 is 5.17. The van der Waals surface area contributed by atoms with Gasteiger partial charge in [-0.2, -0.15) is 0 Å². The van der Waals surface area contributed by atoms with Crippen molar-refractivity contribution in [1.82, 2.24) is 5.32 Å². The first-order valence-corrected chi connectivity index (χ1v) is 5.74. The molecule has 0 heterocycles. The number of carboxylic acids is 1. The zero-order chi connectivity index (χ0) is 13.7. The molecule has 5 heteroatoms. The number of aryl methyl sites for hydroxylation is 1. The summed E-state index contributed by atoms with van der Waals surface area (Å²) in [6.07, 6.45) is -0.804. The first-order valence-electron chi connectivity index (χ1n) is 5.74. The Labute approximate surface area is 106 Å². The number of carboxylic acid groups (broad SMARTS) is 1. The molecule has 0 aliphatic heterocycles. The van der Waals surface area contributed by atoms with Crippen molar-refractivity contribution < 1.29 is 19.7 Å². The predicted octanol–water partition coefficient (Wildman–Crippen LogP) is 1.10. The fraction of sp³-hybridized carbons (Fsp3) is 0.462. The van der Waals surface area contributed by atoms with Crippen molar-refractivity contribution in [2.45, 2.75) is 26.0 Å². The molecule has 1 aromatic carbocycles. The maximum Gasteiger partial charge on any atom is 0.320 e. The Morgan fingerprint density at radius 1 is 1.50 bits per heavy atom. The van der Waals surface area contributed by atoms with E-state index in [2.05, 4.69) is 5.32 Å². The van der Waals surface area contributed by atoms with Gasteiger partial charge in [0.15, 0.2) is 0 Å². The molecule has 3 N–H and O–H groups in total. The van der Waals surface area contributed by atoms with Crippen molar-refractivity contribution in [3.05, 3.63) is 29.3 Å². The number of aliphatic hydroxyl groups excluding tert-OH is 1. The Morgan fingerprint density at radius 2 is 2.17 bits per heavy atom. The maximum absolute atomic E-state index is 10.7. The van der Waals surface area contributed by atoms with E-state index in [1.165, 1.54) is 14.0 Å². The predicted molar refractivity (Wildman–Crippen MR) is 67.8 cm³/mol. The van der Waals surface area contributed by atoms with Crippen LogP contribution in [0.5, 0.6) is 5.75 Å². The van der Waals surface area contributed by atoms with E-state index in [0.29, 0.717) is 11.3 Å². The van der Waals surface area contributed by atoms with Crippen LogP contribution in [0.2, 0.25) is 0 Å². The van der Waals surface area contributed by atoms with Crippen molar-refractivity contribution in [3.63, 3.8) is 0 Å². The van der Waals surface area contributed by atoms with Crippen LogP contribution in [0.3, 0.4) is 0 Å². The molecular weight excluding hydrogens is 234 g/mol. The van der Waals surface area contributed by atoms with E-state index in [1.54, 1.807) is 6.07 Å². The smallest absolute Gasteiger partial charge is 0.320 e. The van der Waals surface area contributed by atoms with E-state index in [-0.39, 0.29) is 6.54 Å². The van der Waals surface area contributed by atoms with E-state index < -0.39 is 18.1 Å². The lowest BCUT2D eigenvalue weighted by Gasteiger charge is -2.17. The molecule has 0 bridgehead atoms. The van der Waals surface area contributed by atoms with E-state index in [0.717, 1.165) is 5.56 Å². The second-order valence-electron chi connectivity index (χ2n) is 4.23. The molecular formula is C13H19NO4. The van der Waals surface area contributed by atoms with Crippen LogP contribution in [0, 0.1) is 6.92 Å². The molecule has 100 valence electrons. The van der Waals surface area contributed by atoms with Gasteiger partial charge >= 0.3 is 5.97 Å². The molecule has 0 aliphatic carbocycles. The van der Waals surface area contributed by atoms with Gasteiger partial charge in [0.05, 0.1) is 13.2 Å². The van der Waals surface area contributed by atoms with Crippen LogP contribution in [0.15, 0.2) is 18.2 Å². The Hall–Kier alpha value is -1.59. The molecule has 2 atom stereocenters. The average molecular weight is 253 g/mol. The number of carbonyl (C=O) groups is 1. The summed E-state index contributed by atoms with van der Waals surface area (Å²) in [4.78, 5) is 10.7. The molecule has 0 saturated heterocycles. The lowest BCUT2D eigenvalue weighted by molar-refractivity contribution is -0.139. The largest absolute Gasteiger partial charge is 0.496 e. The lowest BCUT2D eigenvalue weighted by atomic mass is 10.0. The Balaban J connectivity index is 2.74. The summed E-state index contributed by atoms with van der Waals surface area (Å²) in [5.74, 6) is -0.351. The average Bonchev–Trinajstić information content (AvgIpc) is 2.35. The number of ether oxygens (including phenoxy) is 1. The molecule has 1 rings (SSSR count). The highest BCUT2D eigenvalue weighted by Crippen LogP contribution is 2.25. The highest BCUT2D eigenvalue weighted by Gasteiger charge is 2.16. The minimum atomic E-state index is -0.946. The highest BCUT2D eigenvalue weighted by atomic mass is 16.5. The summed E-state index contributed by atoms with van der Waals surface area (Å²) in [5, 5.41) is 21.5. The molecule has 0 fully saturated rings. The minimum Gasteiger partial charge on any atom is -0.496 e. The zero-order valence-electron chi connectivity index (χ0n) is 10.8. The van der Waals surface area contributed by atoms with Gasteiger partial charge in [0.25, 0.3) is 0 Å². The van der Waals surface area contributed by atoms with Crippen LogP contribution in [0.25, 0.3) is 0 Å². The van der Waals surface area contributed by atoms with Gasteiger partial charge in [-0.1, -0.05) is 11.6 Å². The van der Waals surface area contributed by atoms with Gasteiger partial charge in [-0.05, 0) is 26.0 Å². The second-order valence-corrected chi connectivity index (χ2v) is 4.23. The quantitative estimate of drug-likeness (QED) is 0.707. The number of nitrogens with one attached hydrogen (secondary N) is 1. The maximum atomic E-state index is 10.7. The number of rotatable bonds is 6. The number of benzene rings is 1. The van der Waals surface area contributed by atoms with Crippen LogP contribution < -0.4 is 10.1 Å². The molecule has 0 spiro atoms. The molecule has 1 aromatic rings. The zero-order valence-corrected chi connectivity index (χ0v) is 10.8. The minimum absolute atomic E-state index is 0.160. The molecule has 0 aromatic heterocycles. The van der Waals surface area contributed by atoms with Crippen molar-refractivity contribution in [2.75, 3.05) is 13.7 Å². The SMILES string of the molecule is COc1ccc(C)cc1C(O)CNC(C)C(=O)O. The summed E-state index contributed by atoms with van der Waals surface area (Å²) >= 11 is 0. The number of hydrogen-bond donors (Lipinski definition) is 3. The van der Waals surface area contributed by atoms with Crippen molar-refractivity contribution in [2.24, 2.45) is 0 Å². The van der Waals surface area contributed by atoms with Crippen LogP contribution in [-0.4, -0.2) is 35.9 Å². The van der Waals surface area contributed by atoms with Gasteiger partial charge < -0.3 is 20.3 Å². The first-order chi connectivity index (χ1) is 8.45. The van der Waals surface area contributed by atoms with Gasteiger partial charge in [0.2, 0.25) is 0 Å². The van der Waals surface area contributed by atoms with Crippen LogP contribution >= 0.6 is 0 Å². The van der Waals surface area contributed by atoms with Crippen LogP contribution in [-0.2, 0) is 4.79 Å². The summed E-state index contributed by atoms with van der Waals surface area (Å²) in [6, 6.07) is 4.81. The molecule has 0 aliphatic rings. The third-order valence-electron chi connectivity index (χ3n) is 2.73. The van der Waals surface area contributed by atoms with Gasteiger partial charge in [-0.15, -0.1) is 0 Å². The van der Waals surface area contributed by atoms with E-state index >= 15 is 0 Å². The van der Waals surface area contributed by atoms with Gasteiger partial charge in [0.1, 0.15) is 11.8 Å². The molecule has 0 amide bonds. The van der Waals surface area contributed by atoms with E-state index in [4.69, 9.17) is 9.84 Å². The third-order valence-corrected chi connectivity index (χ3v) is 2.73. The Kier molecular flexibility index (Phi) is 5.12. The number of methoxy groups -OCH3 is 1. The molecule has 0 radical (unpaired) electrons. The normalized spacial score (nSPS) is 14.0. The van der Waals surface area contributed by atoms with Crippen molar-refractivity contribution in [1.29, 1.82) is 0 Å². The van der Waals surface area contributed by atoms with Crippen molar-refractivity contribution in [3.8, 4) is 5.75 Å². The Morgan fingerprint density at radius 3 is 2.72 bits per heavy atom. The standard InChI is InChI=1S/C13H19NO4/c1-8-4-5-12(18-3)10(6-8)11(15)7-14-9(2)13(16)17/h4-6,9,11,14-15H,7H2,1-3H3,(H,16,17). The van der Waals surface area contributed by atoms with E-state index in [9.17, 15) is 9.90 Å². The summed E-state index contributed by atoms with van der Waals surface area (Å²) in [6.45, 7) is 3.61. The highest BCUT2D eigenvalue weighted by molar-refractivity contribution is 5.72. The van der Waals surface area contributed by atoms with Crippen LogP contribution in [0.4, 0.5) is 0 Å². The van der Waals surface area contributed by atoms with Crippen LogP contribution in [0.1, 0.15) is 24.2 Å². The monoisotopic (exact) mass is 253 g/mol. The molecule has 2 unspecified atom stereocenters. The molecule has 5 nitrogen and oxygen atoms in total. The summed E-state index contributed by atoms with van der Waals surface area (Å²) in [5.41, 5.74) is 1.67. The molecule has 18 heavy (non-hydrogen) atoms. The number of hydrogen-bond acceptors (Lipinski definition) is 4. The van der Waals surface area contributed by atoms with Gasteiger partial charge in [-0.3, -0.25) is 4.79 Å². The topological polar surface area (TPSA) is 78.8 Å². The van der Waals surface area contributed by atoms with E-state index in [1.807, 2.05) is 19.1 Å². The third kappa shape index (κ3) is 3.72. The lowest BCUT2D eigenvalue weighted by Crippen LogP contribution is -2.36.